The summed E-state index contributed by atoms with van der Waals surface area (Å²) in [4.78, 5) is 32.0. The lowest BCUT2D eigenvalue weighted by atomic mass is 10.2. The predicted molar refractivity (Wildman–Crippen MR) is 127 cm³/mol. The zero-order valence-electron chi connectivity index (χ0n) is 18.4. The zero-order chi connectivity index (χ0) is 22.9. The van der Waals surface area contributed by atoms with Gasteiger partial charge in [0.05, 0.1) is 7.11 Å². The van der Waals surface area contributed by atoms with E-state index in [1.807, 2.05) is 73.6 Å². The molecular weight excluding hydrogens is 406 g/mol. The van der Waals surface area contributed by atoms with Gasteiger partial charge in [0.15, 0.2) is 11.5 Å². The molecule has 0 aliphatic carbocycles. The Hall–Kier alpha value is -3.84. The second-order valence-electron chi connectivity index (χ2n) is 7.38. The molecule has 32 heavy (non-hydrogen) atoms. The van der Waals surface area contributed by atoms with Gasteiger partial charge in [-0.2, -0.15) is 0 Å². The molecule has 0 radical (unpaired) electrons. The minimum Gasteiger partial charge on any atom is -0.493 e. The Labute approximate surface area is 186 Å². The maximum Gasteiger partial charge on any atom is 0.272 e. The van der Waals surface area contributed by atoms with Crippen molar-refractivity contribution in [3.8, 4) is 11.5 Å². The van der Waals surface area contributed by atoms with Gasteiger partial charge in [-0.05, 0) is 49.5 Å². The Kier molecular flexibility index (Phi) is 7.83. The van der Waals surface area contributed by atoms with Gasteiger partial charge in [0.25, 0.3) is 11.1 Å². The summed E-state index contributed by atoms with van der Waals surface area (Å²) in [7, 11) is 5.56. The van der Waals surface area contributed by atoms with Gasteiger partial charge < -0.3 is 24.3 Å². The van der Waals surface area contributed by atoms with Crippen LogP contribution in [0.15, 0.2) is 64.2 Å². The highest BCUT2D eigenvalue weighted by molar-refractivity contribution is 5.60. The van der Waals surface area contributed by atoms with Crippen LogP contribution in [0.2, 0.25) is 0 Å². The molecule has 0 aliphatic rings. The molecule has 0 amide bonds. The van der Waals surface area contributed by atoms with Crippen LogP contribution in [0.1, 0.15) is 11.1 Å². The molecule has 3 rings (SSSR count). The van der Waals surface area contributed by atoms with E-state index in [2.05, 4.69) is 9.97 Å². The molecule has 7 heteroatoms. The molecule has 0 aliphatic heterocycles. The van der Waals surface area contributed by atoms with E-state index < -0.39 is 0 Å². The molecule has 2 aromatic carbocycles. The number of hydrogen-bond donors (Lipinski definition) is 2. The van der Waals surface area contributed by atoms with Gasteiger partial charge >= 0.3 is 0 Å². The van der Waals surface area contributed by atoms with Gasteiger partial charge in [-0.3, -0.25) is 9.59 Å². The lowest BCUT2D eigenvalue weighted by Gasteiger charge is -2.13. The van der Waals surface area contributed by atoms with E-state index in [9.17, 15) is 9.59 Å². The van der Waals surface area contributed by atoms with Crippen LogP contribution in [-0.2, 0) is 0 Å². The number of allylic oxidation sites excluding steroid dienone is 1. The molecule has 0 bridgehead atoms. The Morgan fingerprint density at radius 2 is 1.62 bits per heavy atom. The lowest BCUT2D eigenvalue weighted by Crippen LogP contribution is -2.46. The summed E-state index contributed by atoms with van der Waals surface area (Å²) in [6, 6.07) is 14.9. The fourth-order valence-corrected chi connectivity index (χ4v) is 2.93. The molecule has 1 aromatic heterocycles. The van der Waals surface area contributed by atoms with E-state index in [0.29, 0.717) is 18.1 Å². The predicted octanol–water partition coefficient (Wildman–Crippen LogP) is 1.33. The van der Waals surface area contributed by atoms with Crippen molar-refractivity contribution in [1.82, 2.24) is 14.9 Å². The van der Waals surface area contributed by atoms with Crippen LogP contribution in [0, 0.1) is 0 Å². The third-order valence-corrected chi connectivity index (χ3v) is 4.63. The number of aromatic nitrogens is 2. The quantitative estimate of drug-likeness (QED) is 0.560. The maximum absolute atomic E-state index is 12.4. The second kappa shape index (κ2) is 11.0. The van der Waals surface area contributed by atoms with E-state index in [0.717, 1.165) is 17.7 Å². The van der Waals surface area contributed by atoms with Crippen LogP contribution < -0.4 is 31.3 Å². The van der Waals surface area contributed by atoms with Crippen molar-refractivity contribution in [2.75, 3.05) is 34.4 Å². The maximum atomic E-state index is 12.4. The van der Waals surface area contributed by atoms with Crippen molar-refractivity contribution in [2.24, 2.45) is 0 Å². The topological polar surface area (TPSA) is 87.4 Å². The van der Waals surface area contributed by atoms with Crippen LogP contribution in [0.3, 0.4) is 0 Å². The Morgan fingerprint density at radius 1 is 0.906 bits per heavy atom. The summed E-state index contributed by atoms with van der Waals surface area (Å²) >= 11 is 0. The molecule has 7 nitrogen and oxygen atoms in total. The molecule has 0 unspecified atom stereocenters. The largest absolute Gasteiger partial charge is 0.493 e. The molecule has 1 heterocycles. The van der Waals surface area contributed by atoms with Gasteiger partial charge in [-0.25, -0.2) is 0 Å². The highest BCUT2D eigenvalue weighted by Crippen LogP contribution is 2.28. The van der Waals surface area contributed by atoms with Crippen LogP contribution in [0.4, 0.5) is 0 Å². The van der Waals surface area contributed by atoms with E-state index in [1.165, 1.54) is 0 Å². The van der Waals surface area contributed by atoms with E-state index >= 15 is 0 Å². The average molecular weight is 434 g/mol. The fraction of sp³-hybridized carbons (Fsp3) is 0.200. The monoisotopic (exact) mass is 433 g/mol. The van der Waals surface area contributed by atoms with Gasteiger partial charge in [-0.15, -0.1) is 0 Å². The van der Waals surface area contributed by atoms with Crippen LogP contribution in [0.25, 0.3) is 18.2 Å². The van der Waals surface area contributed by atoms with Crippen molar-refractivity contribution >= 4 is 18.2 Å². The van der Waals surface area contributed by atoms with Gasteiger partial charge in [0, 0.05) is 6.54 Å². The smallest absolute Gasteiger partial charge is 0.272 e. The zero-order valence-corrected chi connectivity index (χ0v) is 18.4. The van der Waals surface area contributed by atoms with Gasteiger partial charge in [-0.1, -0.05) is 48.6 Å². The summed E-state index contributed by atoms with van der Waals surface area (Å²) in [6.07, 6.45) is 6.70. The van der Waals surface area contributed by atoms with Crippen molar-refractivity contribution in [2.45, 2.75) is 0 Å². The first-order valence-corrected chi connectivity index (χ1v) is 10.2. The number of ether oxygens (including phenoxy) is 2. The lowest BCUT2D eigenvalue weighted by molar-refractivity contribution is 0.250. The molecule has 0 saturated carbocycles. The summed E-state index contributed by atoms with van der Waals surface area (Å²) in [5.41, 5.74) is 0.951. The average Bonchev–Trinajstić information content (AvgIpc) is 2.78. The van der Waals surface area contributed by atoms with Crippen molar-refractivity contribution < 1.29 is 9.47 Å². The van der Waals surface area contributed by atoms with E-state index in [1.54, 1.807) is 25.3 Å². The first-order chi connectivity index (χ1) is 15.5. The number of methoxy groups -OCH3 is 1. The normalized spacial score (nSPS) is 12.6. The molecule has 3 aromatic rings. The first-order valence-electron chi connectivity index (χ1n) is 10.2. The first kappa shape index (κ1) is 22.8. The highest BCUT2D eigenvalue weighted by atomic mass is 16.5. The van der Waals surface area contributed by atoms with E-state index in [4.69, 9.17) is 9.47 Å². The summed E-state index contributed by atoms with van der Waals surface area (Å²) in [5, 5.41) is 0.379. The molecule has 0 fully saturated rings. The van der Waals surface area contributed by atoms with Gasteiger partial charge in [0.1, 0.15) is 17.3 Å². The SMILES string of the molecule is COc1cc(C=C/C=c2\[nH]c(=O)/c(=C/c3ccccc3)[nH]c2=O)ccc1OCCN(C)C. The minimum absolute atomic E-state index is 0.173. The van der Waals surface area contributed by atoms with Crippen molar-refractivity contribution in [3.63, 3.8) is 0 Å². The second-order valence-corrected chi connectivity index (χ2v) is 7.38. The minimum atomic E-state index is -0.376. The molecule has 2 N–H and O–H groups in total. The van der Waals surface area contributed by atoms with Crippen LogP contribution in [-0.4, -0.2) is 49.2 Å². The van der Waals surface area contributed by atoms with Gasteiger partial charge in [0.2, 0.25) is 0 Å². The molecule has 0 saturated heterocycles. The van der Waals surface area contributed by atoms with Crippen molar-refractivity contribution in [3.05, 3.63) is 97.1 Å². The molecule has 0 spiro atoms. The Morgan fingerprint density at radius 3 is 2.34 bits per heavy atom. The number of rotatable bonds is 8. The number of H-pyrrole nitrogens is 2. The summed E-state index contributed by atoms with van der Waals surface area (Å²) in [6.45, 7) is 1.36. The Balaban J connectivity index is 1.81. The third-order valence-electron chi connectivity index (χ3n) is 4.63. The van der Waals surface area contributed by atoms with Crippen LogP contribution >= 0.6 is 0 Å². The molecule has 0 atom stereocenters. The molecule has 166 valence electrons. The highest BCUT2D eigenvalue weighted by Gasteiger charge is 2.05. The number of likely N-dealkylation sites (N-methyl/N-ethyl adjacent to an activating group) is 1. The molecular formula is C25H27N3O4. The number of aromatic amines is 2. The standard InChI is InChI=1S/C25H27N3O4/c1-28(2)14-15-32-22-13-12-19(17-23(22)31-3)10-7-11-20-24(29)27-21(25(30)26-20)16-18-8-5-4-6-9-18/h4-13,16-17H,14-15H2,1-3H3,(H,26,30)(H,27,29)/b10-7?,20-11-,21-16-. The Bertz CT molecular complexity index is 1310. The number of nitrogens with one attached hydrogen (secondary N) is 2. The van der Waals surface area contributed by atoms with E-state index in [-0.39, 0.29) is 21.8 Å². The third kappa shape index (κ3) is 6.33. The van der Waals surface area contributed by atoms with Crippen LogP contribution in [0.5, 0.6) is 11.5 Å². The number of hydrogen-bond acceptors (Lipinski definition) is 5. The number of benzene rings is 2. The summed E-state index contributed by atoms with van der Waals surface area (Å²) < 4.78 is 11.2. The number of nitrogens with zero attached hydrogens (tertiary/aromatic N) is 1. The summed E-state index contributed by atoms with van der Waals surface area (Å²) in [5.74, 6) is 1.29. The fourth-order valence-electron chi connectivity index (χ4n) is 2.93. The van der Waals surface area contributed by atoms with Crippen molar-refractivity contribution in [1.29, 1.82) is 0 Å².